The summed E-state index contributed by atoms with van der Waals surface area (Å²) in [7, 11) is 1.45. The van der Waals surface area contributed by atoms with Gasteiger partial charge in [-0.1, -0.05) is 86.3 Å². The Kier molecular flexibility index (Phi) is 14.2. The molecule has 1 aliphatic rings. The molecule has 1 aromatic rings. The number of cyclic esters (lactones) is 1. The number of carbonyl (C=O) groups excluding carboxylic acids is 3. The molecule has 0 radical (unpaired) electrons. The van der Waals surface area contributed by atoms with Crippen LogP contribution in [0.25, 0.3) is 6.08 Å². The third kappa shape index (κ3) is 11.8. The van der Waals surface area contributed by atoms with Gasteiger partial charge in [0.05, 0.1) is 34.6 Å². The molecule has 43 heavy (non-hydrogen) atoms. The molecule has 0 fully saturated rings. The van der Waals surface area contributed by atoms with Gasteiger partial charge in [-0.15, -0.1) is 11.3 Å². The fourth-order valence-corrected chi connectivity index (χ4v) is 5.68. The van der Waals surface area contributed by atoms with E-state index in [0.29, 0.717) is 12.8 Å². The van der Waals surface area contributed by atoms with Crippen molar-refractivity contribution in [3.8, 4) is 0 Å². The Morgan fingerprint density at radius 2 is 1.88 bits per heavy atom. The maximum Gasteiger partial charge on any atom is 0.508 e. The second kappa shape index (κ2) is 16.4. The van der Waals surface area contributed by atoms with E-state index in [2.05, 4.69) is 4.98 Å². The van der Waals surface area contributed by atoms with E-state index in [9.17, 15) is 14.4 Å². The molecule has 1 aliphatic heterocycles. The SMILES string of the molecule is CO[C@H]1CC(=O)O[C@H](/C(C)=C/c2csc(C)n2)C/C=C(C)\C=C\C[C@H](C)[C@H](OC(=O)OCC(Cl)(Cl)Cl)[C@@H](C)C(=O)C1(C)C. The highest BCUT2D eigenvalue weighted by Gasteiger charge is 2.45. The largest absolute Gasteiger partial charge is 0.508 e. The predicted molar refractivity (Wildman–Crippen MR) is 172 cm³/mol. The zero-order valence-corrected chi connectivity index (χ0v) is 29.0. The fraction of sp³-hybridized carbons (Fsp3) is 0.613. The number of carbonyl (C=O) groups is 3. The zero-order chi connectivity index (χ0) is 32.5. The number of esters is 1. The first-order valence-corrected chi connectivity index (χ1v) is 16.1. The number of aryl methyl sites for hydroxylation is 1. The Labute approximate surface area is 273 Å². The number of allylic oxidation sites excluding steroid dienone is 3. The van der Waals surface area contributed by atoms with Crippen LogP contribution >= 0.6 is 46.1 Å². The first-order valence-electron chi connectivity index (χ1n) is 14.0. The monoisotopic (exact) mass is 677 g/mol. The van der Waals surface area contributed by atoms with Gasteiger partial charge in [-0.05, 0) is 44.8 Å². The quantitative estimate of drug-likeness (QED) is 0.227. The number of halogens is 3. The molecule has 0 spiro atoms. The molecular weight excluding hydrogens is 637 g/mol. The summed E-state index contributed by atoms with van der Waals surface area (Å²) in [5.41, 5.74) is 1.47. The highest BCUT2D eigenvalue weighted by atomic mass is 35.6. The molecule has 0 saturated heterocycles. The molecule has 0 N–H and O–H groups in total. The standard InChI is InChI=1S/C31H42Cl3NO7S/c1-18-10-9-11-19(2)27(42-29(38)40-17-31(32,33)34)21(4)28(37)30(6,7)25(39-8)15-26(36)41-24(13-12-18)20(3)14-23-16-43-22(5)35-23/h9-10,12,14,16,19,21,24-25,27H,11,13,15,17H2,1-8H3/b10-9+,18-12-,20-14+/t19-,21+,24-,25-,27-/m0/s1. The van der Waals surface area contributed by atoms with Crippen molar-refractivity contribution in [2.75, 3.05) is 13.7 Å². The summed E-state index contributed by atoms with van der Waals surface area (Å²) in [4.78, 5) is 44.3. The molecule has 1 aromatic heterocycles. The lowest BCUT2D eigenvalue weighted by molar-refractivity contribution is -0.156. The van der Waals surface area contributed by atoms with Crippen LogP contribution in [0.2, 0.25) is 0 Å². The van der Waals surface area contributed by atoms with Gasteiger partial charge in [0, 0.05) is 18.9 Å². The molecule has 8 nitrogen and oxygen atoms in total. The number of nitrogens with zero attached hydrogens (tertiary/aromatic N) is 1. The number of aromatic nitrogens is 1. The number of ether oxygens (including phenoxy) is 4. The smallest absolute Gasteiger partial charge is 0.457 e. The third-order valence-corrected chi connectivity index (χ3v) is 8.59. The number of Topliss-reactive ketones (excluding diaryl/α,β-unsaturated/α-hetero) is 1. The molecule has 2 heterocycles. The van der Waals surface area contributed by atoms with Gasteiger partial charge in [-0.3, -0.25) is 9.59 Å². The predicted octanol–water partition coefficient (Wildman–Crippen LogP) is 8.23. The molecule has 0 amide bonds. The molecular formula is C31H42Cl3NO7S. The Morgan fingerprint density at radius 1 is 1.21 bits per heavy atom. The topological polar surface area (TPSA) is 101 Å². The Balaban J connectivity index is 2.44. The molecule has 0 aromatic carbocycles. The van der Waals surface area contributed by atoms with E-state index < -0.39 is 52.2 Å². The van der Waals surface area contributed by atoms with E-state index in [-0.39, 0.29) is 18.1 Å². The lowest BCUT2D eigenvalue weighted by Gasteiger charge is -2.37. The summed E-state index contributed by atoms with van der Waals surface area (Å²) in [6.45, 7) is 12.3. The van der Waals surface area contributed by atoms with Crippen molar-refractivity contribution in [3.63, 3.8) is 0 Å². The Morgan fingerprint density at radius 3 is 2.47 bits per heavy atom. The van der Waals surface area contributed by atoms with Gasteiger partial charge < -0.3 is 18.9 Å². The van der Waals surface area contributed by atoms with Crippen LogP contribution in [0.5, 0.6) is 0 Å². The van der Waals surface area contributed by atoms with E-state index >= 15 is 0 Å². The number of alkyl halides is 3. The molecule has 2 rings (SSSR count). The average Bonchev–Trinajstić information content (AvgIpc) is 3.33. The van der Waals surface area contributed by atoms with Crippen LogP contribution in [-0.4, -0.2) is 58.7 Å². The van der Waals surface area contributed by atoms with E-state index in [1.165, 1.54) is 7.11 Å². The van der Waals surface area contributed by atoms with Gasteiger partial charge in [0.1, 0.15) is 24.6 Å². The maximum atomic E-state index is 14.0. The highest BCUT2D eigenvalue weighted by Crippen LogP contribution is 2.35. The molecule has 0 bridgehead atoms. The van der Waals surface area contributed by atoms with E-state index in [4.69, 9.17) is 53.8 Å². The molecule has 0 aliphatic carbocycles. The Hall–Kier alpha value is -1.91. The summed E-state index contributed by atoms with van der Waals surface area (Å²) in [5, 5.41) is 2.90. The molecule has 5 atom stereocenters. The van der Waals surface area contributed by atoms with Gasteiger partial charge >= 0.3 is 12.1 Å². The van der Waals surface area contributed by atoms with Crippen LogP contribution < -0.4 is 0 Å². The zero-order valence-electron chi connectivity index (χ0n) is 25.9. The number of ketones is 1. The normalized spacial score (nSPS) is 28.4. The van der Waals surface area contributed by atoms with Crippen molar-refractivity contribution < 1.29 is 33.3 Å². The maximum absolute atomic E-state index is 14.0. The minimum Gasteiger partial charge on any atom is -0.457 e. The van der Waals surface area contributed by atoms with Crippen LogP contribution in [0, 0.1) is 24.2 Å². The lowest BCUT2D eigenvalue weighted by atomic mass is 9.73. The van der Waals surface area contributed by atoms with E-state index in [1.54, 1.807) is 32.1 Å². The van der Waals surface area contributed by atoms with Gasteiger partial charge in [-0.25, -0.2) is 9.78 Å². The minimum absolute atomic E-state index is 0.156. The van der Waals surface area contributed by atoms with Crippen LogP contribution in [0.3, 0.4) is 0 Å². The summed E-state index contributed by atoms with van der Waals surface area (Å²) in [5.74, 6) is -1.82. The van der Waals surface area contributed by atoms with Crippen molar-refractivity contribution in [2.24, 2.45) is 17.3 Å². The highest BCUT2D eigenvalue weighted by molar-refractivity contribution is 7.09. The van der Waals surface area contributed by atoms with Crippen LogP contribution in [0.4, 0.5) is 4.79 Å². The minimum atomic E-state index is -1.81. The first kappa shape index (κ1) is 37.3. The summed E-state index contributed by atoms with van der Waals surface area (Å²) < 4.78 is 20.5. The molecule has 240 valence electrons. The second-order valence-electron chi connectivity index (χ2n) is 11.5. The third-order valence-electron chi connectivity index (χ3n) is 7.47. The first-order chi connectivity index (χ1) is 19.9. The van der Waals surface area contributed by atoms with Gasteiger partial charge in [0.15, 0.2) is 0 Å². The number of hydrogen-bond acceptors (Lipinski definition) is 9. The van der Waals surface area contributed by atoms with Gasteiger partial charge in [0.2, 0.25) is 3.79 Å². The second-order valence-corrected chi connectivity index (χ2v) is 15.1. The average molecular weight is 679 g/mol. The van der Waals surface area contributed by atoms with Crippen molar-refractivity contribution >= 4 is 70.1 Å². The van der Waals surface area contributed by atoms with Crippen LogP contribution in [0.1, 0.15) is 71.5 Å². The van der Waals surface area contributed by atoms with Gasteiger partial charge in [-0.2, -0.15) is 0 Å². The summed E-state index contributed by atoms with van der Waals surface area (Å²) in [6.07, 6.45) is 5.35. The summed E-state index contributed by atoms with van der Waals surface area (Å²) in [6, 6.07) is 0. The number of methoxy groups -OCH3 is 1. The fourth-order valence-electron chi connectivity index (χ4n) is 4.95. The number of hydrogen-bond donors (Lipinski definition) is 0. The molecule has 0 saturated carbocycles. The molecule has 12 heteroatoms. The van der Waals surface area contributed by atoms with Crippen molar-refractivity contribution in [1.29, 1.82) is 0 Å². The van der Waals surface area contributed by atoms with Crippen molar-refractivity contribution in [2.45, 2.75) is 89.8 Å². The van der Waals surface area contributed by atoms with Crippen molar-refractivity contribution in [1.82, 2.24) is 4.98 Å². The van der Waals surface area contributed by atoms with E-state index in [0.717, 1.165) is 21.8 Å². The van der Waals surface area contributed by atoms with Gasteiger partial charge in [0.25, 0.3) is 0 Å². The summed E-state index contributed by atoms with van der Waals surface area (Å²) >= 11 is 18.7. The van der Waals surface area contributed by atoms with Crippen molar-refractivity contribution in [3.05, 3.63) is 45.5 Å². The molecule has 0 unspecified atom stereocenters. The van der Waals surface area contributed by atoms with E-state index in [1.807, 2.05) is 57.4 Å². The number of rotatable bonds is 5. The van der Waals surface area contributed by atoms with Crippen LogP contribution in [-0.2, 0) is 28.5 Å². The Bertz CT molecular complexity index is 1220. The lowest BCUT2D eigenvalue weighted by Crippen LogP contribution is -2.47. The van der Waals surface area contributed by atoms with Crippen LogP contribution in [0.15, 0.2) is 34.8 Å². The number of thiazole rings is 1.